The summed E-state index contributed by atoms with van der Waals surface area (Å²) in [6.45, 7) is 11.5. The summed E-state index contributed by atoms with van der Waals surface area (Å²) in [6, 6.07) is 9.81. The van der Waals surface area contributed by atoms with Gasteiger partial charge in [0.25, 0.3) is 0 Å². The molecule has 27 heavy (non-hydrogen) atoms. The maximum atomic E-state index is 3.92. The van der Waals surface area contributed by atoms with E-state index in [0.717, 1.165) is 41.5 Å². The lowest BCUT2D eigenvalue weighted by Gasteiger charge is -2.50. The van der Waals surface area contributed by atoms with Crippen LogP contribution in [-0.2, 0) is 6.42 Å². The van der Waals surface area contributed by atoms with E-state index in [1.165, 1.54) is 49.8 Å². The van der Waals surface area contributed by atoms with Gasteiger partial charge in [0, 0.05) is 6.04 Å². The third-order valence-electron chi connectivity index (χ3n) is 9.21. The summed E-state index contributed by atoms with van der Waals surface area (Å²) < 4.78 is 0. The van der Waals surface area contributed by atoms with Gasteiger partial charge < -0.3 is 5.32 Å². The normalized spacial score (nSPS) is 40.9. The molecule has 3 fully saturated rings. The monoisotopic (exact) mass is 363 g/mol. The predicted octanol–water partition coefficient (Wildman–Crippen LogP) is 5.95. The van der Waals surface area contributed by atoms with Crippen LogP contribution in [0.3, 0.4) is 0 Å². The molecular weight excluding hydrogens is 326 g/mol. The molecule has 1 nitrogen and oxygen atoms in total. The smallest absolute Gasteiger partial charge is 0.0101 e. The predicted molar refractivity (Wildman–Crippen MR) is 114 cm³/mol. The van der Waals surface area contributed by atoms with E-state index in [2.05, 4.69) is 63.4 Å². The van der Waals surface area contributed by atoms with Crippen LogP contribution in [0.25, 0.3) is 6.08 Å². The van der Waals surface area contributed by atoms with Crippen LogP contribution < -0.4 is 5.32 Å². The summed E-state index contributed by atoms with van der Waals surface area (Å²) in [6.07, 6.45) is 9.44. The molecule has 0 amide bonds. The van der Waals surface area contributed by atoms with Gasteiger partial charge in [-0.2, -0.15) is 0 Å². The lowest BCUT2D eigenvalue weighted by molar-refractivity contribution is 0.0273. The fourth-order valence-corrected chi connectivity index (χ4v) is 8.00. The van der Waals surface area contributed by atoms with Crippen LogP contribution in [-0.4, -0.2) is 12.6 Å². The second-order valence-electron chi connectivity index (χ2n) is 10.8. The number of nitrogens with one attached hydrogen (secondary N) is 1. The molecule has 146 valence electrons. The second kappa shape index (κ2) is 6.48. The molecule has 1 heterocycles. The number of hydrogen-bond acceptors (Lipinski definition) is 1. The van der Waals surface area contributed by atoms with Gasteiger partial charge in [-0.05, 0) is 90.7 Å². The highest BCUT2D eigenvalue weighted by molar-refractivity contribution is 5.65. The topological polar surface area (TPSA) is 12.0 Å². The lowest BCUT2D eigenvalue weighted by atomic mass is 9.58. The van der Waals surface area contributed by atoms with Crippen molar-refractivity contribution in [3.8, 4) is 0 Å². The van der Waals surface area contributed by atoms with Gasteiger partial charge in [0.15, 0.2) is 0 Å². The van der Waals surface area contributed by atoms with Crippen molar-refractivity contribution in [1.29, 1.82) is 0 Å². The Bertz CT molecular complexity index is 744. The van der Waals surface area contributed by atoms with Crippen molar-refractivity contribution in [2.24, 2.45) is 40.9 Å². The van der Waals surface area contributed by atoms with Crippen LogP contribution in [0.2, 0.25) is 0 Å². The molecule has 1 aromatic carbocycles. The minimum absolute atomic E-state index is 0.305. The highest BCUT2D eigenvalue weighted by Gasteiger charge is 2.55. The number of rotatable bonds is 2. The lowest BCUT2D eigenvalue weighted by Crippen LogP contribution is -2.52. The van der Waals surface area contributed by atoms with Crippen molar-refractivity contribution in [3.05, 3.63) is 41.0 Å². The summed E-state index contributed by atoms with van der Waals surface area (Å²) in [4.78, 5) is 0. The van der Waals surface area contributed by atoms with Crippen LogP contribution in [0.5, 0.6) is 0 Å². The molecule has 7 unspecified atom stereocenters. The highest BCUT2D eigenvalue weighted by Crippen LogP contribution is 2.61. The van der Waals surface area contributed by atoms with Crippen LogP contribution in [0.1, 0.15) is 64.5 Å². The zero-order chi connectivity index (χ0) is 18.8. The molecule has 5 rings (SSSR count). The standard InChI is InChI=1S/C26H37N/c1-16-12-22-17(2)21-10-7-11-27-24(21)15-23(22)25(16)26(3,4)20-13-18-8-5-6-9-19(18)14-20/h5-6,8-9,13,16-17,21-25,27H,7,10-12,14-15H2,1-4H3. The summed E-state index contributed by atoms with van der Waals surface area (Å²) in [5, 5.41) is 3.92. The minimum atomic E-state index is 0.305. The minimum Gasteiger partial charge on any atom is -0.314 e. The first-order chi connectivity index (χ1) is 13.0. The first-order valence-electron chi connectivity index (χ1n) is 11.5. The number of allylic oxidation sites excluding steroid dienone is 1. The maximum Gasteiger partial charge on any atom is 0.0101 e. The van der Waals surface area contributed by atoms with E-state index >= 15 is 0 Å². The third-order valence-corrected chi connectivity index (χ3v) is 9.21. The van der Waals surface area contributed by atoms with Crippen molar-refractivity contribution in [3.63, 3.8) is 0 Å². The van der Waals surface area contributed by atoms with E-state index in [4.69, 9.17) is 0 Å². The Kier molecular flexibility index (Phi) is 4.31. The van der Waals surface area contributed by atoms with Crippen LogP contribution in [0.15, 0.2) is 29.8 Å². The molecule has 0 bridgehead atoms. The molecule has 1 heteroatoms. The zero-order valence-corrected chi connectivity index (χ0v) is 17.7. The molecular formula is C26H37N. The van der Waals surface area contributed by atoms with Crippen molar-refractivity contribution in [2.75, 3.05) is 6.54 Å². The number of hydrogen-bond donors (Lipinski definition) is 1. The largest absolute Gasteiger partial charge is 0.314 e. The molecule has 0 spiro atoms. The highest BCUT2D eigenvalue weighted by atomic mass is 14.9. The van der Waals surface area contributed by atoms with Gasteiger partial charge in [-0.1, -0.05) is 63.6 Å². The summed E-state index contributed by atoms with van der Waals surface area (Å²) >= 11 is 0. The van der Waals surface area contributed by atoms with Crippen molar-refractivity contribution in [2.45, 2.75) is 65.8 Å². The molecule has 2 saturated carbocycles. The SMILES string of the molecule is CC1CC2C(C)C3CCCNC3CC2C1C(C)(C)C1=Cc2ccccc2C1. The molecule has 1 saturated heterocycles. The van der Waals surface area contributed by atoms with Gasteiger partial charge in [0.05, 0.1) is 0 Å². The molecule has 3 aliphatic carbocycles. The van der Waals surface area contributed by atoms with Gasteiger partial charge in [-0.25, -0.2) is 0 Å². The van der Waals surface area contributed by atoms with Gasteiger partial charge in [-0.3, -0.25) is 0 Å². The molecule has 0 aromatic heterocycles. The van der Waals surface area contributed by atoms with E-state index < -0.39 is 0 Å². The quantitative estimate of drug-likeness (QED) is 0.685. The third kappa shape index (κ3) is 2.76. The Hall–Kier alpha value is -1.08. The van der Waals surface area contributed by atoms with Gasteiger partial charge in [0.2, 0.25) is 0 Å². The van der Waals surface area contributed by atoms with E-state index in [0.29, 0.717) is 5.41 Å². The molecule has 4 aliphatic rings. The first kappa shape index (κ1) is 18.0. The van der Waals surface area contributed by atoms with Crippen LogP contribution in [0, 0.1) is 40.9 Å². The molecule has 1 aliphatic heterocycles. The Labute approximate surface area is 166 Å². The molecule has 0 radical (unpaired) electrons. The van der Waals surface area contributed by atoms with E-state index in [9.17, 15) is 0 Å². The fourth-order valence-electron chi connectivity index (χ4n) is 8.00. The molecule has 1 aromatic rings. The van der Waals surface area contributed by atoms with Crippen LogP contribution >= 0.6 is 0 Å². The van der Waals surface area contributed by atoms with Gasteiger partial charge >= 0.3 is 0 Å². The van der Waals surface area contributed by atoms with E-state index in [1.54, 1.807) is 5.57 Å². The molecule has 1 N–H and O–H groups in total. The number of fused-ring (bicyclic) bond motifs is 3. The Balaban J connectivity index is 1.44. The van der Waals surface area contributed by atoms with Gasteiger partial charge in [-0.15, -0.1) is 0 Å². The fraction of sp³-hybridized carbons (Fsp3) is 0.692. The van der Waals surface area contributed by atoms with Crippen molar-refractivity contribution >= 4 is 6.08 Å². The average Bonchev–Trinajstić information content (AvgIpc) is 3.23. The van der Waals surface area contributed by atoms with E-state index in [1.807, 2.05) is 0 Å². The summed E-state index contributed by atoms with van der Waals surface area (Å²) in [7, 11) is 0. The zero-order valence-electron chi connectivity index (χ0n) is 17.7. The first-order valence-corrected chi connectivity index (χ1v) is 11.5. The second-order valence-corrected chi connectivity index (χ2v) is 10.8. The average molecular weight is 364 g/mol. The maximum absolute atomic E-state index is 3.92. The van der Waals surface area contributed by atoms with E-state index in [-0.39, 0.29) is 0 Å². The summed E-state index contributed by atoms with van der Waals surface area (Å²) in [5.74, 6) is 5.37. The Morgan fingerprint density at radius 1 is 1.00 bits per heavy atom. The number of piperidine rings is 1. The summed E-state index contributed by atoms with van der Waals surface area (Å²) in [5.41, 5.74) is 4.99. The van der Waals surface area contributed by atoms with Crippen molar-refractivity contribution < 1.29 is 0 Å². The van der Waals surface area contributed by atoms with Crippen LogP contribution in [0.4, 0.5) is 0 Å². The number of benzene rings is 1. The Morgan fingerprint density at radius 3 is 2.63 bits per heavy atom. The van der Waals surface area contributed by atoms with Gasteiger partial charge in [0.1, 0.15) is 0 Å². The molecule has 7 atom stereocenters. The van der Waals surface area contributed by atoms with Crippen molar-refractivity contribution in [1.82, 2.24) is 5.32 Å². The Morgan fingerprint density at radius 2 is 1.81 bits per heavy atom.